The lowest BCUT2D eigenvalue weighted by atomic mass is 10.0. The van der Waals surface area contributed by atoms with Crippen molar-refractivity contribution >= 4 is 11.7 Å². The molecule has 1 heterocycles. The number of hydrogen-bond acceptors (Lipinski definition) is 3. The highest BCUT2D eigenvalue weighted by Crippen LogP contribution is 2.19. The first kappa shape index (κ1) is 12.9. The summed E-state index contributed by atoms with van der Waals surface area (Å²) < 4.78 is 5.43. The van der Waals surface area contributed by atoms with Crippen LogP contribution in [-0.4, -0.2) is 30.8 Å². The van der Waals surface area contributed by atoms with E-state index in [0.717, 1.165) is 37.4 Å². The number of aryl methyl sites for hydroxylation is 1. The van der Waals surface area contributed by atoms with Crippen molar-refractivity contribution in [2.24, 2.45) is 5.92 Å². The van der Waals surface area contributed by atoms with E-state index in [0.29, 0.717) is 11.5 Å². The quantitative estimate of drug-likeness (QED) is 0.861. The van der Waals surface area contributed by atoms with E-state index in [1.54, 1.807) is 12.1 Å². The Morgan fingerprint density at radius 1 is 1.56 bits per heavy atom. The van der Waals surface area contributed by atoms with Gasteiger partial charge in [0, 0.05) is 18.8 Å². The number of ether oxygens (including phenoxy) is 1. The first-order valence-corrected chi connectivity index (χ1v) is 6.32. The zero-order chi connectivity index (χ0) is 13.0. The molecular formula is C14H19NO3. The number of nitrogens with one attached hydrogen (secondary N) is 1. The van der Waals surface area contributed by atoms with Crippen molar-refractivity contribution in [1.29, 1.82) is 0 Å². The molecule has 0 spiro atoms. The van der Waals surface area contributed by atoms with Crippen LogP contribution in [0.1, 0.15) is 28.8 Å². The Labute approximate surface area is 107 Å². The van der Waals surface area contributed by atoms with Crippen molar-refractivity contribution in [2.75, 3.05) is 25.1 Å². The topological polar surface area (TPSA) is 58.6 Å². The van der Waals surface area contributed by atoms with Crippen LogP contribution in [0, 0.1) is 12.8 Å². The molecular weight excluding hydrogens is 230 g/mol. The van der Waals surface area contributed by atoms with Gasteiger partial charge in [-0.25, -0.2) is 4.79 Å². The number of benzene rings is 1. The number of anilines is 1. The predicted molar refractivity (Wildman–Crippen MR) is 70.2 cm³/mol. The molecule has 0 saturated carbocycles. The van der Waals surface area contributed by atoms with Crippen LogP contribution >= 0.6 is 0 Å². The third kappa shape index (κ3) is 3.23. The number of hydrogen-bond donors (Lipinski definition) is 2. The highest BCUT2D eigenvalue weighted by Gasteiger charge is 2.14. The van der Waals surface area contributed by atoms with Crippen molar-refractivity contribution in [2.45, 2.75) is 19.8 Å². The average Bonchev–Trinajstić information content (AvgIpc) is 2.38. The second kappa shape index (κ2) is 5.87. The molecule has 1 aliphatic rings. The van der Waals surface area contributed by atoms with Crippen LogP contribution in [0.5, 0.6) is 0 Å². The normalized spacial score (nSPS) is 19.5. The van der Waals surface area contributed by atoms with Crippen LogP contribution in [-0.2, 0) is 4.74 Å². The zero-order valence-electron chi connectivity index (χ0n) is 10.6. The molecule has 1 atom stereocenters. The molecule has 1 aromatic carbocycles. The molecule has 1 fully saturated rings. The lowest BCUT2D eigenvalue weighted by Gasteiger charge is -2.23. The highest BCUT2D eigenvalue weighted by atomic mass is 16.5. The van der Waals surface area contributed by atoms with Gasteiger partial charge in [0.25, 0.3) is 0 Å². The van der Waals surface area contributed by atoms with Gasteiger partial charge in [-0.1, -0.05) is 6.07 Å². The first-order valence-electron chi connectivity index (χ1n) is 6.32. The van der Waals surface area contributed by atoms with Crippen molar-refractivity contribution in [3.8, 4) is 0 Å². The second-order valence-electron chi connectivity index (χ2n) is 4.80. The van der Waals surface area contributed by atoms with Crippen molar-refractivity contribution < 1.29 is 14.6 Å². The molecule has 0 aliphatic carbocycles. The summed E-state index contributed by atoms with van der Waals surface area (Å²) in [6, 6.07) is 5.16. The third-order valence-electron chi connectivity index (χ3n) is 3.32. The number of aromatic carboxylic acids is 1. The van der Waals surface area contributed by atoms with E-state index in [1.165, 1.54) is 6.42 Å². The third-order valence-corrected chi connectivity index (χ3v) is 3.32. The van der Waals surface area contributed by atoms with Gasteiger partial charge in [-0.05, 0) is 43.4 Å². The molecule has 1 aliphatic heterocycles. The summed E-state index contributed by atoms with van der Waals surface area (Å²) in [6.45, 7) is 4.48. The number of carboxylic acid groups (broad SMARTS) is 1. The standard InChI is InChI=1S/C14H19NO3/c1-10-4-5-12(14(16)17)7-13(10)15-8-11-3-2-6-18-9-11/h4-5,7,11,15H,2-3,6,8-9H2,1H3,(H,16,17). The number of rotatable bonds is 4. The maximum atomic E-state index is 10.9. The monoisotopic (exact) mass is 249 g/mol. The molecule has 1 aromatic rings. The Kier molecular flexibility index (Phi) is 4.20. The minimum atomic E-state index is -0.890. The van der Waals surface area contributed by atoms with Gasteiger partial charge in [-0.15, -0.1) is 0 Å². The fourth-order valence-electron chi connectivity index (χ4n) is 2.17. The molecule has 2 rings (SSSR count). The highest BCUT2D eigenvalue weighted by molar-refractivity contribution is 5.89. The van der Waals surface area contributed by atoms with Crippen LogP contribution in [0.15, 0.2) is 18.2 Å². The smallest absolute Gasteiger partial charge is 0.335 e. The molecule has 0 radical (unpaired) electrons. The minimum Gasteiger partial charge on any atom is -0.478 e. The molecule has 0 bridgehead atoms. The Morgan fingerprint density at radius 2 is 2.39 bits per heavy atom. The molecule has 1 unspecified atom stereocenters. The molecule has 0 aromatic heterocycles. The molecule has 4 heteroatoms. The fraction of sp³-hybridized carbons (Fsp3) is 0.500. The van der Waals surface area contributed by atoms with Crippen molar-refractivity contribution in [1.82, 2.24) is 0 Å². The number of carboxylic acids is 1. The van der Waals surface area contributed by atoms with Crippen LogP contribution in [0.3, 0.4) is 0 Å². The molecule has 98 valence electrons. The van der Waals surface area contributed by atoms with Gasteiger partial charge in [0.15, 0.2) is 0 Å². The van der Waals surface area contributed by atoms with Gasteiger partial charge in [-0.2, -0.15) is 0 Å². The van der Waals surface area contributed by atoms with E-state index in [9.17, 15) is 4.79 Å². The lowest BCUT2D eigenvalue weighted by molar-refractivity contribution is 0.0595. The second-order valence-corrected chi connectivity index (χ2v) is 4.80. The Hall–Kier alpha value is -1.55. The summed E-state index contributed by atoms with van der Waals surface area (Å²) in [5.41, 5.74) is 2.29. The molecule has 1 saturated heterocycles. The average molecular weight is 249 g/mol. The first-order chi connectivity index (χ1) is 8.66. The van der Waals surface area contributed by atoms with E-state index in [4.69, 9.17) is 9.84 Å². The van der Waals surface area contributed by atoms with Gasteiger partial charge in [0.05, 0.1) is 12.2 Å². The SMILES string of the molecule is Cc1ccc(C(=O)O)cc1NCC1CCCOC1. The Morgan fingerprint density at radius 3 is 3.06 bits per heavy atom. The van der Waals surface area contributed by atoms with Crippen LogP contribution in [0.25, 0.3) is 0 Å². The van der Waals surface area contributed by atoms with E-state index in [2.05, 4.69) is 5.32 Å². The van der Waals surface area contributed by atoms with Gasteiger partial charge < -0.3 is 15.2 Å². The van der Waals surface area contributed by atoms with Gasteiger partial charge >= 0.3 is 5.97 Å². The van der Waals surface area contributed by atoms with E-state index in [1.807, 2.05) is 13.0 Å². The van der Waals surface area contributed by atoms with Gasteiger partial charge in [0.1, 0.15) is 0 Å². The molecule has 18 heavy (non-hydrogen) atoms. The van der Waals surface area contributed by atoms with Crippen molar-refractivity contribution in [3.63, 3.8) is 0 Å². The Balaban J connectivity index is 1.99. The summed E-state index contributed by atoms with van der Waals surface area (Å²) >= 11 is 0. The van der Waals surface area contributed by atoms with E-state index < -0.39 is 5.97 Å². The summed E-state index contributed by atoms with van der Waals surface area (Å²) in [6.07, 6.45) is 2.28. The van der Waals surface area contributed by atoms with Gasteiger partial charge in [-0.3, -0.25) is 0 Å². The van der Waals surface area contributed by atoms with Crippen LogP contribution < -0.4 is 5.32 Å². The van der Waals surface area contributed by atoms with Gasteiger partial charge in [0.2, 0.25) is 0 Å². The maximum absolute atomic E-state index is 10.9. The fourth-order valence-corrected chi connectivity index (χ4v) is 2.17. The zero-order valence-corrected chi connectivity index (χ0v) is 10.6. The van der Waals surface area contributed by atoms with Crippen LogP contribution in [0.2, 0.25) is 0 Å². The predicted octanol–water partition coefficient (Wildman–Crippen LogP) is 2.53. The molecule has 2 N–H and O–H groups in total. The van der Waals surface area contributed by atoms with Crippen LogP contribution in [0.4, 0.5) is 5.69 Å². The largest absolute Gasteiger partial charge is 0.478 e. The molecule has 0 amide bonds. The van der Waals surface area contributed by atoms with Crippen molar-refractivity contribution in [3.05, 3.63) is 29.3 Å². The Bertz CT molecular complexity index is 425. The minimum absolute atomic E-state index is 0.322. The summed E-state index contributed by atoms with van der Waals surface area (Å²) in [5, 5.41) is 12.3. The maximum Gasteiger partial charge on any atom is 0.335 e. The van der Waals surface area contributed by atoms with E-state index in [-0.39, 0.29) is 0 Å². The van der Waals surface area contributed by atoms with E-state index >= 15 is 0 Å². The molecule has 4 nitrogen and oxygen atoms in total. The number of carbonyl (C=O) groups is 1. The summed E-state index contributed by atoms with van der Waals surface area (Å²) in [4.78, 5) is 10.9. The summed E-state index contributed by atoms with van der Waals surface area (Å²) in [5.74, 6) is -0.370. The lowest BCUT2D eigenvalue weighted by Crippen LogP contribution is -2.24. The summed E-state index contributed by atoms with van der Waals surface area (Å²) in [7, 11) is 0.